The zero-order chi connectivity index (χ0) is 12.5. The van der Waals surface area contributed by atoms with Gasteiger partial charge in [-0.05, 0) is 67.6 Å². The number of rotatable bonds is 1. The summed E-state index contributed by atoms with van der Waals surface area (Å²) in [7, 11) is 0. The standard InChI is InChI=1S/C15H26O2/c1-13(2)6-10-7-15(10,9-16)11-4-5-14(3,17)12(11)8-13/h10-12,16-17H,4-9H2,1-3H3. The average molecular weight is 238 g/mol. The van der Waals surface area contributed by atoms with Crippen LogP contribution >= 0.6 is 0 Å². The molecule has 3 rings (SSSR count). The normalized spacial score (nSPS) is 55.9. The van der Waals surface area contributed by atoms with Crippen LogP contribution in [0.5, 0.6) is 0 Å². The number of fused-ring (bicyclic) bond motifs is 3. The SMILES string of the molecule is CC1(C)CC2C(CCC2(C)O)C2(CO)CC2C1. The Bertz CT molecular complexity index is 334. The monoisotopic (exact) mass is 238 g/mol. The predicted molar refractivity (Wildman–Crippen MR) is 67.5 cm³/mol. The van der Waals surface area contributed by atoms with Gasteiger partial charge in [0.05, 0.1) is 5.60 Å². The molecule has 3 aliphatic carbocycles. The van der Waals surface area contributed by atoms with Crippen molar-refractivity contribution in [2.24, 2.45) is 28.6 Å². The highest BCUT2D eigenvalue weighted by molar-refractivity contribution is 5.15. The molecule has 0 aliphatic heterocycles. The van der Waals surface area contributed by atoms with Crippen molar-refractivity contribution in [1.29, 1.82) is 0 Å². The minimum atomic E-state index is -0.498. The topological polar surface area (TPSA) is 40.5 Å². The summed E-state index contributed by atoms with van der Waals surface area (Å²) in [6.07, 6.45) is 5.60. The molecule has 0 spiro atoms. The van der Waals surface area contributed by atoms with Gasteiger partial charge in [-0.25, -0.2) is 0 Å². The van der Waals surface area contributed by atoms with Gasteiger partial charge in [-0.1, -0.05) is 13.8 Å². The van der Waals surface area contributed by atoms with Crippen molar-refractivity contribution in [2.45, 2.75) is 58.5 Å². The molecule has 0 bridgehead atoms. The first-order valence-electron chi connectivity index (χ1n) is 7.14. The summed E-state index contributed by atoms with van der Waals surface area (Å²) in [5.74, 6) is 1.68. The van der Waals surface area contributed by atoms with Gasteiger partial charge in [0.2, 0.25) is 0 Å². The molecule has 5 atom stereocenters. The third kappa shape index (κ3) is 1.60. The highest BCUT2D eigenvalue weighted by Crippen LogP contribution is 2.70. The minimum absolute atomic E-state index is 0.179. The Morgan fingerprint density at radius 1 is 1.06 bits per heavy atom. The van der Waals surface area contributed by atoms with E-state index >= 15 is 0 Å². The van der Waals surface area contributed by atoms with Gasteiger partial charge < -0.3 is 10.2 Å². The maximum Gasteiger partial charge on any atom is 0.0651 e. The van der Waals surface area contributed by atoms with Crippen LogP contribution in [0.4, 0.5) is 0 Å². The highest BCUT2D eigenvalue weighted by atomic mass is 16.3. The summed E-state index contributed by atoms with van der Waals surface area (Å²) >= 11 is 0. The van der Waals surface area contributed by atoms with Crippen LogP contribution in [0.2, 0.25) is 0 Å². The smallest absolute Gasteiger partial charge is 0.0651 e. The van der Waals surface area contributed by atoms with Crippen molar-refractivity contribution in [3.63, 3.8) is 0 Å². The van der Waals surface area contributed by atoms with Crippen molar-refractivity contribution in [1.82, 2.24) is 0 Å². The van der Waals surface area contributed by atoms with Crippen LogP contribution in [0, 0.1) is 28.6 Å². The Balaban J connectivity index is 1.97. The first kappa shape index (κ1) is 12.0. The van der Waals surface area contributed by atoms with E-state index in [1.807, 2.05) is 6.92 Å². The molecule has 0 aromatic heterocycles. The lowest BCUT2D eigenvalue weighted by atomic mass is 9.72. The van der Waals surface area contributed by atoms with E-state index in [0.29, 0.717) is 29.8 Å². The van der Waals surface area contributed by atoms with Crippen LogP contribution in [0.1, 0.15) is 52.9 Å². The van der Waals surface area contributed by atoms with E-state index in [0.717, 1.165) is 19.3 Å². The molecular weight excluding hydrogens is 212 g/mol. The minimum Gasteiger partial charge on any atom is -0.396 e. The molecule has 3 fully saturated rings. The lowest BCUT2D eigenvalue weighted by Gasteiger charge is -2.36. The van der Waals surface area contributed by atoms with Gasteiger partial charge in [0.1, 0.15) is 0 Å². The third-order valence-corrected chi connectivity index (χ3v) is 6.13. The van der Waals surface area contributed by atoms with Crippen molar-refractivity contribution in [3.05, 3.63) is 0 Å². The summed E-state index contributed by atoms with van der Waals surface area (Å²) in [6, 6.07) is 0. The van der Waals surface area contributed by atoms with E-state index in [1.54, 1.807) is 0 Å². The first-order valence-corrected chi connectivity index (χ1v) is 7.14. The number of hydrogen-bond acceptors (Lipinski definition) is 2. The quantitative estimate of drug-likeness (QED) is 0.737. The number of aliphatic hydroxyl groups excluding tert-OH is 1. The Kier molecular flexibility index (Phi) is 2.30. The second-order valence-corrected chi connectivity index (χ2v) is 7.97. The van der Waals surface area contributed by atoms with Crippen LogP contribution in [0.15, 0.2) is 0 Å². The Labute approximate surface area is 104 Å². The summed E-state index contributed by atoms with van der Waals surface area (Å²) < 4.78 is 0. The predicted octanol–water partition coefficient (Wildman–Crippen LogP) is 2.58. The van der Waals surface area contributed by atoms with Gasteiger partial charge in [0, 0.05) is 6.61 Å². The zero-order valence-electron chi connectivity index (χ0n) is 11.4. The Hall–Kier alpha value is -0.0800. The summed E-state index contributed by atoms with van der Waals surface area (Å²) in [5.41, 5.74) is 0.00977. The third-order valence-electron chi connectivity index (χ3n) is 6.13. The second-order valence-electron chi connectivity index (χ2n) is 7.97. The molecule has 0 saturated heterocycles. The maximum absolute atomic E-state index is 10.6. The van der Waals surface area contributed by atoms with Gasteiger partial charge in [0.25, 0.3) is 0 Å². The van der Waals surface area contributed by atoms with Gasteiger partial charge >= 0.3 is 0 Å². The Morgan fingerprint density at radius 2 is 1.76 bits per heavy atom. The number of aliphatic hydroxyl groups is 2. The molecule has 2 heteroatoms. The van der Waals surface area contributed by atoms with Crippen LogP contribution in [0.25, 0.3) is 0 Å². The van der Waals surface area contributed by atoms with Crippen molar-refractivity contribution in [3.8, 4) is 0 Å². The van der Waals surface area contributed by atoms with Crippen LogP contribution in [-0.2, 0) is 0 Å². The average Bonchev–Trinajstić information content (AvgIpc) is 2.82. The van der Waals surface area contributed by atoms with E-state index in [2.05, 4.69) is 13.8 Å². The molecule has 2 N–H and O–H groups in total. The zero-order valence-corrected chi connectivity index (χ0v) is 11.4. The van der Waals surface area contributed by atoms with Crippen molar-refractivity contribution < 1.29 is 10.2 Å². The van der Waals surface area contributed by atoms with Crippen molar-refractivity contribution >= 4 is 0 Å². The molecular formula is C15H26O2. The van der Waals surface area contributed by atoms with Gasteiger partial charge in [0.15, 0.2) is 0 Å². The maximum atomic E-state index is 10.6. The largest absolute Gasteiger partial charge is 0.396 e. The fraction of sp³-hybridized carbons (Fsp3) is 1.00. The lowest BCUT2D eigenvalue weighted by molar-refractivity contribution is -0.0181. The molecule has 0 radical (unpaired) electrons. The number of hydrogen-bond donors (Lipinski definition) is 2. The molecule has 2 nitrogen and oxygen atoms in total. The van der Waals surface area contributed by atoms with Gasteiger partial charge in [-0.3, -0.25) is 0 Å². The molecule has 17 heavy (non-hydrogen) atoms. The molecule has 3 aliphatic rings. The van der Waals surface area contributed by atoms with E-state index < -0.39 is 5.60 Å². The summed E-state index contributed by atoms with van der Waals surface area (Å²) in [6.45, 7) is 7.03. The summed E-state index contributed by atoms with van der Waals surface area (Å²) in [4.78, 5) is 0. The van der Waals surface area contributed by atoms with E-state index in [1.165, 1.54) is 12.8 Å². The molecule has 98 valence electrons. The van der Waals surface area contributed by atoms with E-state index in [-0.39, 0.29) is 5.41 Å². The molecule has 0 heterocycles. The molecule has 0 aromatic carbocycles. The molecule has 0 amide bonds. The molecule has 3 saturated carbocycles. The van der Waals surface area contributed by atoms with Gasteiger partial charge in [-0.15, -0.1) is 0 Å². The van der Waals surface area contributed by atoms with Gasteiger partial charge in [-0.2, -0.15) is 0 Å². The fourth-order valence-electron chi connectivity index (χ4n) is 5.10. The van der Waals surface area contributed by atoms with Crippen LogP contribution < -0.4 is 0 Å². The highest BCUT2D eigenvalue weighted by Gasteiger charge is 2.66. The molecule has 0 aromatic rings. The molecule has 5 unspecified atom stereocenters. The van der Waals surface area contributed by atoms with Crippen LogP contribution in [0.3, 0.4) is 0 Å². The lowest BCUT2D eigenvalue weighted by Crippen LogP contribution is -2.37. The van der Waals surface area contributed by atoms with E-state index in [4.69, 9.17) is 0 Å². The van der Waals surface area contributed by atoms with Crippen LogP contribution in [-0.4, -0.2) is 22.4 Å². The Morgan fingerprint density at radius 3 is 2.41 bits per heavy atom. The second kappa shape index (κ2) is 3.27. The van der Waals surface area contributed by atoms with Crippen molar-refractivity contribution in [2.75, 3.05) is 6.61 Å². The summed E-state index contributed by atoms with van der Waals surface area (Å²) in [5, 5.41) is 20.4. The fourth-order valence-corrected chi connectivity index (χ4v) is 5.10. The first-order chi connectivity index (χ1) is 7.81. The van der Waals surface area contributed by atoms with E-state index in [9.17, 15) is 10.2 Å².